The molecule has 1 N–H and O–H groups in total. The Morgan fingerprint density at radius 3 is 2.52 bits per heavy atom. The number of carbonyl (C=O) groups excluding carboxylic acids is 2. The van der Waals surface area contributed by atoms with Crippen LogP contribution < -0.4 is 10.1 Å². The third kappa shape index (κ3) is 7.44. The molecular formula is C18H16ClF2NO4S. The van der Waals surface area contributed by atoms with Crippen molar-refractivity contribution in [2.24, 2.45) is 0 Å². The second-order valence-electron chi connectivity index (χ2n) is 5.27. The maximum Gasteiger partial charge on any atom is 0.344 e. The lowest BCUT2D eigenvalue weighted by molar-refractivity contribution is -0.155. The maximum absolute atomic E-state index is 12.3. The molecule has 0 aliphatic rings. The molecule has 0 fully saturated rings. The minimum Gasteiger partial charge on any atom is -0.482 e. The summed E-state index contributed by atoms with van der Waals surface area (Å²) in [5, 5.41) is 3.00. The molecular weight excluding hydrogens is 400 g/mol. The van der Waals surface area contributed by atoms with E-state index in [4.69, 9.17) is 21.1 Å². The number of thioether (sulfide) groups is 1. The van der Waals surface area contributed by atoms with Crippen LogP contribution in [-0.4, -0.2) is 30.3 Å². The Morgan fingerprint density at radius 1 is 1.19 bits per heavy atom. The highest BCUT2D eigenvalue weighted by Gasteiger charge is 2.18. The van der Waals surface area contributed by atoms with Gasteiger partial charge in [-0.3, -0.25) is 4.79 Å². The molecule has 9 heteroatoms. The van der Waals surface area contributed by atoms with Crippen LogP contribution in [0, 0.1) is 0 Å². The van der Waals surface area contributed by atoms with E-state index in [-0.39, 0.29) is 6.61 Å². The summed E-state index contributed by atoms with van der Waals surface area (Å²) in [5.41, 5.74) is 0.400. The molecule has 0 aromatic heterocycles. The van der Waals surface area contributed by atoms with Crippen LogP contribution in [0.4, 0.5) is 14.5 Å². The molecule has 0 bridgehead atoms. The van der Waals surface area contributed by atoms with E-state index in [9.17, 15) is 18.4 Å². The Labute approximate surface area is 164 Å². The second kappa shape index (κ2) is 10.1. The first-order chi connectivity index (χ1) is 12.8. The van der Waals surface area contributed by atoms with Gasteiger partial charge in [-0.25, -0.2) is 4.79 Å². The zero-order valence-corrected chi connectivity index (χ0v) is 15.7. The third-order valence-electron chi connectivity index (χ3n) is 3.18. The molecule has 0 spiro atoms. The van der Waals surface area contributed by atoms with Gasteiger partial charge in [0.25, 0.3) is 11.7 Å². The number of alkyl halides is 2. The van der Waals surface area contributed by atoms with Crippen LogP contribution in [0.3, 0.4) is 0 Å². The predicted molar refractivity (Wildman–Crippen MR) is 99.4 cm³/mol. The van der Waals surface area contributed by atoms with Crippen LogP contribution in [0.5, 0.6) is 5.75 Å². The highest BCUT2D eigenvalue weighted by Crippen LogP contribution is 2.26. The summed E-state index contributed by atoms with van der Waals surface area (Å²) in [6, 6.07) is 12.4. The molecule has 27 heavy (non-hydrogen) atoms. The van der Waals surface area contributed by atoms with Gasteiger partial charge in [-0.1, -0.05) is 29.4 Å². The monoisotopic (exact) mass is 415 g/mol. The van der Waals surface area contributed by atoms with Crippen molar-refractivity contribution in [1.29, 1.82) is 0 Å². The smallest absolute Gasteiger partial charge is 0.344 e. The number of nitrogens with one attached hydrogen (secondary N) is 1. The van der Waals surface area contributed by atoms with Crippen molar-refractivity contribution in [3.8, 4) is 5.75 Å². The van der Waals surface area contributed by atoms with E-state index in [1.165, 1.54) is 31.2 Å². The number of esters is 1. The number of hydrogen-bond acceptors (Lipinski definition) is 5. The minimum atomic E-state index is -2.51. The van der Waals surface area contributed by atoms with Crippen LogP contribution in [-0.2, 0) is 14.3 Å². The third-order valence-corrected chi connectivity index (χ3v) is 4.13. The topological polar surface area (TPSA) is 64.6 Å². The molecule has 5 nitrogen and oxygen atoms in total. The first-order valence-electron chi connectivity index (χ1n) is 7.77. The predicted octanol–water partition coefficient (Wildman–Crippen LogP) is 4.60. The first kappa shape index (κ1) is 21.0. The van der Waals surface area contributed by atoms with Crippen molar-refractivity contribution in [3.05, 3.63) is 53.6 Å². The first-order valence-corrected chi connectivity index (χ1v) is 9.03. The van der Waals surface area contributed by atoms with Gasteiger partial charge in [0, 0.05) is 15.6 Å². The lowest BCUT2D eigenvalue weighted by atomic mass is 10.3. The normalized spacial score (nSPS) is 11.7. The number of halogens is 3. The Hall–Kier alpha value is -2.32. The second-order valence-corrected chi connectivity index (χ2v) is 6.77. The van der Waals surface area contributed by atoms with Gasteiger partial charge in [0.2, 0.25) is 0 Å². The fraction of sp³-hybridized carbons (Fsp3) is 0.222. The highest BCUT2D eigenvalue weighted by atomic mass is 35.5. The number of anilines is 1. The molecule has 1 atom stereocenters. The molecule has 0 saturated carbocycles. The lowest BCUT2D eigenvalue weighted by Gasteiger charge is -2.14. The van der Waals surface area contributed by atoms with Gasteiger partial charge in [0.15, 0.2) is 12.7 Å². The van der Waals surface area contributed by atoms with Gasteiger partial charge in [-0.15, -0.1) is 0 Å². The number of carbonyl (C=O) groups is 2. The summed E-state index contributed by atoms with van der Waals surface area (Å²) >= 11 is 6.22. The molecule has 2 rings (SSSR count). The summed E-state index contributed by atoms with van der Waals surface area (Å²) in [5.74, 6) is -3.39. The van der Waals surface area contributed by atoms with E-state index in [0.717, 1.165) is 0 Å². The standard InChI is InChI=1S/C18H16ClF2NO4S/c1-11(26-16(23)10-25-14-4-2-3-12(19)9-14)17(24)22-13-5-7-15(8-6-13)27-18(20)21/h2-9,11,18H,10H2,1H3,(H,22,24)/t11-/m0/s1. The quantitative estimate of drug-likeness (QED) is 0.504. The number of ether oxygens (including phenoxy) is 2. The van der Waals surface area contributed by atoms with E-state index in [1.807, 2.05) is 0 Å². The molecule has 0 heterocycles. The molecule has 0 aliphatic heterocycles. The lowest BCUT2D eigenvalue weighted by Crippen LogP contribution is -2.31. The average molecular weight is 416 g/mol. The minimum absolute atomic E-state index is 0.376. The molecule has 2 aromatic carbocycles. The van der Waals surface area contributed by atoms with Gasteiger partial charge in [0.1, 0.15) is 5.75 Å². The fourth-order valence-electron chi connectivity index (χ4n) is 1.95. The van der Waals surface area contributed by atoms with Gasteiger partial charge in [0.05, 0.1) is 0 Å². The maximum atomic E-state index is 12.3. The summed E-state index contributed by atoms with van der Waals surface area (Å²) in [6.07, 6.45) is -1.06. The molecule has 2 aromatic rings. The SMILES string of the molecule is C[C@H](OC(=O)COc1cccc(Cl)c1)C(=O)Nc1ccc(SC(F)F)cc1. The van der Waals surface area contributed by atoms with Crippen molar-refractivity contribution in [2.45, 2.75) is 23.7 Å². The Kier molecular flexibility index (Phi) is 7.87. The summed E-state index contributed by atoms with van der Waals surface area (Å²) in [6.45, 7) is 1.03. The van der Waals surface area contributed by atoms with Gasteiger partial charge in [-0.2, -0.15) is 8.78 Å². The summed E-state index contributed by atoms with van der Waals surface area (Å²) < 4.78 is 34.8. The number of amides is 1. The Morgan fingerprint density at radius 2 is 1.89 bits per heavy atom. The highest BCUT2D eigenvalue weighted by molar-refractivity contribution is 7.99. The summed E-state index contributed by atoms with van der Waals surface area (Å²) in [7, 11) is 0. The zero-order valence-electron chi connectivity index (χ0n) is 14.2. The van der Waals surface area contributed by atoms with Crippen molar-refractivity contribution >= 4 is 40.9 Å². The van der Waals surface area contributed by atoms with E-state index in [2.05, 4.69) is 5.32 Å². The van der Waals surface area contributed by atoms with E-state index in [1.54, 1.807) is 24.3 Å². The molecule has 0 radical (unpaired) electrons. The molecule has 0 aliphatic carbocycles. The molecule has 1 amide bonds. The average Bonchev–Trinajstić information content (AvgIpc) is 2.61. The van der Waals surface area contributed by atoms with Crippen LogP contribution in [0.15, 0.2) is 53.4 Å². The molecule has 0 saturated heterocycles. The fourth-order valence-corrected chi connectivity index (χ4v) is 2.63. The Balaban J connectivity index is 1.79. The molecule has 144 valence electrons. The van der Waals surface area contributed by atoms with Crippen molar-refractivity contribution in [3.63, 3.8) is 0 Å². The van der Waals surface area contributed by atoms with E-state index in [0.29, 0.717) is 33.1 Å². The van der Waals surface area contributed by atoms with E-state index >= 15 is 0 Å². The van der Waals surface area contributed by atoms with Crippen molar-refractivity contribution < 1.29 is 27.8 Å². The van der Waals surface area contributed by atoms with Crippen molar-refractivity contribution in [1.82, 2.24) is 0 Å². The van der Waals surface area contributed by atoms with Gasteiger partial charge >= 0.3 is 5.97 Å². The largest absolute Gasteiger partial charge is 0.482 e. The summed E-state index contributed by atoms with van der Waals surface area (Å²) in [4.78, 5) is 24.2. The van der Waals surface area contributed by atoms with Crippen LogP contribution in [0.25, 0.3) is 0 Å². The molecule has 0 unspecified atom stereocenters. The van der Waals surface area contributed by atoms with Crippen LogP contribution >= 0.6 is 23.4 Å². The van der Waals surface area contributed by atoms with Crippen molar-refractivity contribution in [2.75, 3.05) is 11.9 Å². The number of benzene rings is 2. The Bertz CT molecular complexity index is 789. The van der Waals surface area contributed by atoms with Gasteiger partial charge < -0.3 is 14.8 Å². The van der Waals surface area contributed by atoms with Gasteiger partial charge in [-0.05, 0) is 49.4 Å². The number of rotatable bonds is 8. The van der Waals surface area contributed by atoms with E-state index < -0.39 is 23.7 Å². The number of hydrogen-bond donors (Lipinski definition) is 1. The zero-order chi connectivity index (χ0) is 19.8. The van der Waals surface area contributed by atoms with Crippen LogP contribution in [0.2, 0.25) is 5.02 Å². The van der Waals surface area contributed by atoms with Crippen LogP contribution in [0.1, 0.15) is 6.92 Å².